The number of amides is 1. The largest absolute Gasteiger partial charge is 0.480 e. The van der Waals surface area contributed by atoms with Gasteiger partial charge in [0.1, 0.15) is 11.6 Å². The minimum atomic E-state index is -0.839. The number of hydrogen-bond donors (Lipinski definition) is 2. The highest BCUT2D eigenvalue weighted by Crippen LogP contribution is 2.30. The number of carboxylic acid groups (broad SMARTS) is 1. The Bertz CT molecular complexity index is 576. The van der Waals surface area contributed by atoms with E-state index in [1.807, 2.05) is 35.0 Å². The Kier molecular flexibility index (Phi) is 4.87. The van der Waals surface area contributed by atoms with Crippen LogP contribution in [0.4, 0.5) is 10.5 Å². The van der Waals surface area contributed by atoms with Gasteiger partial charge in [-0.3, -0.25) is 0 Å². The molecule has 7 heteroatoms. The van der Waals surface area contributed by atoms with E-state index in [0.29, 0.717) is 19.4 Å². The summed E-state index contributed by atoms with van der Waals surface area (Å²) in [5, 5.41) is 12.2. The van der Waals surface area contributed by atoms with Crippen molar-refractivity contribution in [3.05, 3.63) is 18.5 Å². The van der Waals surface area contributed by atoms with Gasteiger partial charge in [0.2, 0.25) is 0 Å². The van der Waals surface area contributed by atoms with Gasteiger partial charge in [-0.1, -0.05) is 0 Å². The van der Waals surface area contributed by atoms with E-state index in [1.54, 1.807) is 20.8 Å². The number of carboxylic acids is 1. The molecule has 0 saturated carbocycles. The first-order valence-electron chi connectivity index (χ1n) is 7.77. The first-order valence-corrected chi connectivity index (χ1v) is 7.77. The second-order valence-electron chi connectivity index (χ2n) is 6.91. The Balaban J connectivity index is 2.05. The van der Waals surface area contributed by atoms with Crippen LogP contribution in [-0.2, 0) is 16.6 Å². The van der Waals surface area contributed by atoms with Crippen LogP contribution in [0.25, 0.3) is 0 Å². The molecule has 1 amide bonds. The van der Waals surface area contributed by atoms with Crippen molar-refractivity contribution in [2.24, 2.45) is 7.05 Å². The monoisotopic (exact) mass is 323 g/mol. The summed E-state index contributed by atoms with van der Waals surface area (Å²) in [6, 6.07) is 1.26. The number of alkyl carbamates (subject to hydrolysis) is 1. The van der Waals surface area contributed by atoms with E-state index in [0.717, 1.165) is 5.69 Å². The Hall–Kier alpha value is -2.18. The number of aliphatic carboxylic acids is 1. The minimum absolute atomic E-state index is 0.0639. The molecule has 1 aromatic rings. The van der Waals surface area contributed by atoms with Crippen molar-refractivity contribution >= 4 is 17.7 Å². The van der Waals surface area contributed by atoms with E-state index in [2.05, 4.69) is 5.32 Å². The average molecular weight is 323 g/mol. The first-order chi connectivity index (χ1) is 10.7. The second kappa shape index (κ2) is 6.52. The number of carbonyl (C=O) groups is 2. The fraction of sp³-hybridized carbons (Fsp3) is 0.625. The number of aromatic nitrogens is 1. The van der Waals surface area contributed by atoms with Gasteiger partial charge < -0.3 is 24.6 Å². The molecule has 0 spiro atoms. The van der Waals surface area contributed by atoms with E-state index in [9.17, 15) is 14.7 Å². The maximum Gasteiger partial charge on any atom is 0.407 e. The molecule has 2 N–H and O–H groups in total. The average Bonchev–Trinajstić information content (AvgIpc) is 2.99. The Morgan fingerprint density at radius 2 is 2.09 bits per heavy atom. The predicted molar refractivity (Wildman–Crippen MR) is 86.6 cm³/mol. The summed E-state index contributed by atoms with van der Waals surface area (Å²) in [5.74, 6) is -0.839. The number of hydrogen-bond acceptors (Lipinski definition) is 4. The number of ether oxygens (including phenoxy) is 1. The Morgan fingerprint density at radius 1 is 1.39 bits per heavy atom. The van der Waals surface area contributed by atoms with Gasteiger partial charge in [-0.05, 0) is 39.7 Å². The summed E-state index contributed by atoms with van der Waals surface area (Å²) in [5.41, 5.74) is 0.302. The Morgan fingerprint density at radius 3 is 2.61 bits per heavy atom. The quantitative estimate of drug-likeness (QED) is 0.885. The lowest BCUT2D eigenvalue weighted by atomic mass is 10.2. The third-order valence-corrected chi connectivity index (χ3v) is 3.78. The van der Waals surface area contributed by atoms with Gasteiger partial charge in [0.15, 0.2) is 0 Å². The summed E-state index contributed by atoms with van der Waals surface area (Å²) in [7, 11) is 1.89. The van der Waals surface area contributed by atoms with E-state index < -0.39 is 23.7 Å². The van der Waals surface area contributed by atoms with Crippen molar-refractivity contribution in [2.75, 3.05) is 11.4 Å². The lowest BCUT2D eigenvalue weighted by Crippen LogP contribution is -2.46. The molecule has 1 fully saturated rings. The maximum absolute atomic E-state index is 11.8. The lowest BCUT2D eigenvalue weighted by molar-refractivity contribution is -0.138. The van der Waals surface area contributed by atoms with Crippen molar-refractivity contribution in [1.29, 1.82) is 0 Å². The van der Waals surface area contributed by atoms with E-state index in [1.165, 1.54) is 0 Å². The van der Waals surface area contributed by atoms with Gasteiger partial charge in [0.25, 0.3) is 0 Å². The van der Waals surface area contributed by atoms with Gasteiger partial charge >= 0.3 is 12.1 Å². The first kappa shape index (κ1) is 17.2. The summed E-state index contributed by atoms with van der Waals surface area (Å²) in [6.45, 7) is 5.77. The van der Waals surface area contributed by atoms with Crippen LogP contribution in [0.15, 0.2) is 18.5 Å². The normalized spacial score (nSPS) is 21.3. The molecule has 0 bridgehead atoms. The number of aryl methyl sites for hydroxylation is 1. The van der Waals surface area contributed by atoms with Crippen LogP contribution < -0.4 is 10.2 Å². The van der Waals surface area contributed by atoms with Gasteiger partial charge in [-0.2, -0.15) is 0 Å². The molecule has 0 unspecified atom stereocenters. The summed E-state index contributed by atoms with van der Waals surface area (Å²) in [4.78, 5) is 25.2. The maximum atomic E-state index is 11.8. The molecule has 2 atom stereocenters. The van der Waals surface area contributed by atoms with Gasteiger partial charge in [-0.25, -0.2) is 9.59 Å². The number of carbonyl (C=O) groups excluding carboxylic acids is 1. The molecule has 7 nitrogen and oxygen atoms in total. The van der Waals surface area contributed by atoms with Crippen LogP contribution >= 0.6 is 0 Å². The third-order valence-electron chi connectivity index (χ3n) is 3.78. The van der Waals surface area contributed by atoms with E-state index in [-0.39, 0.29) is 6.04 Å². The standard InChI is InChI=1S/C16H25N3O4/c1-16(2,3)23-15(22)17-9-11-5-6-13(14(20)21)19(11)12-7-8-18(4)10-12/h7-8,10-11,13H,5-6,9H2,1-4H3,(H,17,22)(H,20,21)/t11-,13+/m0/s1. The zero-order chi connectivity index (χ0) is 17.2. The molecule has 2 heterocycles. The number of nitrogens with zero attached hydrogens (tertiary/aromatic N) is 2. The van der Waals surface area contributed by atoms with E-state index >= 15 is 0 Å². The topological polar surface area (TPSA) is 83.8 Å². The molecular weight excluding hydrogens is 298 g/mol. The highest BCUT2D eigenvalue weighted by atomic mass is 16.6. The molecular formula is C16H25N3O4. The van der Waals surface area contributed by atoms with Crippen LogP contribution in [0.3, 0.4) is 0 Å². The Labute approximate surface area is 136 Å². The van der Waals surface area contributed by atoms with Crippen molar-refractivity contribution in [3.8, 4) is 0 Å². The number of anilines is 1. The highest BCUT2D eigenvalue weighted by molar-refractivity contribution is 5.79. The zero-order valence-electron chi connectivity index (χ0n) is 14.1. The fourth-order valence-electron chi connectivity index (χ4n) is 2.87. The van der Waals surface area contributed by atoms with Crippen LogP contribution in [0, 0.1) is 0 Å². The lowest BCUT2D eigenvalue weighted by Gasteiger charge is -2.30. The SMILES string of the molecule is Cn1ccc(N2[C@H](CNC(=O)OC(C)(C)C)CC[C@@H]2C(=O)O)c1. The molecule has 1 aliphatic heterocycles. The molecule has 0 radical (unpaired) electrons. The van der Waals surface area contributed by atoms with Crippen molar-refractivity contribution < 1.29 is 19.4 Å². The van der Waals surface area contributed by atoms with Gasteiger partial charge in [0, 0.05) is 32.0 Å². The van der Waals surface area contributed by atoms with Gasteiger partial charge in [-0.15, -0.1) is 0 Å². The van der Waals surface area contributed by atoms with Gasteiger partial charge in [0.05, 0.1) is 5.69 Å². The summed E-state index contributed by atoms with van der Waals surface area (Å²) >= 11 is 0. The molecule has 1 aliphatic rings. The fourth-order valence-corrected chi connectivity index (χ4v) is 2.87. The van der Waals surface area contributed by atoms with Crippen LogP contribution in [0.5, 0.6) is 0 Å². The zero-order valence-corrected chi connectivity index (χ0v) is 14.1. The van der Waals surface area contributed by atoms with E-state index in [4.69, 9.17) is 4.74 Å². The molecule has 23 heavy (non-hydrogen) atoms. The second-order valence-corrected chi connectivity index (χ2v) is 6.91. The summed E-state index contributed by atoms with van der Waals surface area (Å²) < 4.78 is 7.11. The molecule has 0 aliphatic carbocycles. The molecule has 2 rings (SSSR count). The molecule has 128 valence electrons. The highest BCUT2D eigenvalue weighted by Gasteiger charge is 2.38. The van der Waals surface area contributed by atoms with Crippen molar-refractivity contribution in [3.63, 3.8) is 0 Å². The van der Waals surface area contributed by atoms with Crippen molar-refractivity contribution in [2.45, 2.75) is 51.3 Å². The number of rotatable bonds is 4. The number of nitrogens with one attached hydrogen (secondary N) is 1. The smallest absolute Gasteiger partial charge is 0.407 e. The predicted octanol–water partition coefficient (Wildman–Crippen LogP) is 1.97. The van der Waals surface area contributed by atoms with Crippen LogP contribution in [-0.4, -0.2) is 46.0 Å². The van der Waals surface area contributed by atoms with Crippen molar-refractivity contribution in [1.82, 2.24) is 9.88 Å². The summed E-state index contributed by atoms with van der Waals surface area (Å²) in [6.07, 6.45) is 4.56. The third kappa shape index (κ3) is 4.40. The van der Waals surface area contributed by atoms with Crippen LogP contribution in [0.2, 0.25) is 0 Å². The molecule has 1 aromatic heterocycles. The minimum Gasteiger partial charge on any atom is -0.480 e. The van der Waals surface area contributed by atoms with Crippen LogP contribution in [0.1, 0.15) is 33.6 Å². The molecule has 0 aromatic carbocycles. The molecule has 1 saturated heterocycles.